The third-order valence-electron chi connectivity index (χ3n) is 5.10. The number of carbonyl (C=O) groups is 3. The second-order valence-electron chi connectivity index (χ2n) is 7.03. The van der Waals surface area contributed by atoms with Crippen LogP contribution in [0.4, 0.5) is 4.39 Å². The maximum atomic E-state index is 13.7. The molecular formula is C19H19FN4O3. The number of hydrogen-bond acceptors (Lipinski definition) is 4. The molecule has 0 radical (unpaired) electrons. The summed E-state index contributed by atoms with van der Waals surface area (Å²) in [6, 6.07) is 3.92. The van der Waals surface area contributed by atoms with Crippen LogP contribution in [-0.2, 0) is 9.59 Å². The van der Waals surface area contributed by atoms with Gasteiger partial charge in [0, 0.05) is 44.2 Å². The van der Waals surface area contributed by atoms with Crippen molar-refractivity contribution in [1.29, 1.82) is 0 Å². The molecule has 8 heteroatoms. The van der Waals surface area contributed by atoms with Gasteiger partial charge in [-0.2, -0.15) is 0 Å². The Morgan fingerprint density at radius 2 is 2.07 bits per heavy atom. The molecule has 1 aliphatic heterocycles. The highest BCUT2D eigenvalue weighted by atomic mass is 19.1. The van der Waals surface area contributed by atoms with Gasteiger partial charge in [0.05, 0.1) is 23.6 Å². The van der Waals surface area contributed by atoms with Crippen molar-refractivity contribution in [2.75, 3.05) is 13.1 Å². The Morgan fingerprint density at radius 3 is 2.74 bits per heavy atom. The maximum Gasteiger partial charge on any atom is 0.256 e. The van der Waals surface area contributed by atoms with Crippen molar-refractivity contribution in [2.24, 2.45) is 5.92 Å². The number of ketones is 1. The summed E-state index contributed by atoms with van der Waals surface area (Å²) in [5.74, 6) is -1.03. The summed E-state index contributed by atoms with van der Waals surface area (Å²) in [4.78, 5) is 41.8. The molecule has 2 amide bonds. The van der Waals surface area contributed by atoms with Crippen molar-refractivity contribution < 1.29 is 18.8 Å². The third-order valence-corrected chi connectivity index (χ3v) is 5.10. The van der Waals surface area contributed by atoms with Gasteiger partial charge in [0.15, 0.2) is 0 Å². The zero-order valence-corrected chi connectivity index (χ0v) is 14.6. The number of imidazole rings is 1. The van der Waals surface area contributed by atoms with Crippen LogP contribution in [0.3, 0.4) is 0 Å². The molecule has 1 atom stereocenters. The van der Waals surface area contributed by atoms with Crippen LogP contribution in [0, 0.1) is 11.7 Å². The van der Waals surface area contributed by atoms with E-state index >= 15 is 0 Å². The van der Waals surface area contributed by atoms with E-state index in [0.717, 1.165) is 0 Å². The lowest BCUT2D eigenvalue weighted by atomic mass is 10.0. The van der Waals surface area contributed by atoms with Crippen LogP contribution in [-0.4, -0.2) is 51.2 Å². The van der Waals surface area contributed by atoms with Gasteiger partial charge >= 0.3 is 0 Å². The Balaban J connectivity index is 1.40. The molecule has 1 aromatic heterocycles. The number of aromatic nitrogens is 2. The van der Waals surface area contributed by atoms with Crippen LogP contribution in [0.15, 0.2) is 36.9 Å². The van der Waals surface area contributed by atoms with Gasteiger partial charge in [-0.3, -0.25) is 14.4 Å². The van der Waals surface area contributed by atoms with E-state index < -0.39 is 5.82 Å². The molecule has 7 nitrogen and oxygen atoms in total. The number of likely N-dealkylation sites (tertiary alicyclic amines) is 1. The second kappa shape index (κ2) is 6.94. The Hall–Kier alpha value is -3.03. The average Bonchev–Trinajstić information content (AvgIpc) is 3.28. The van der Waals surface area contributed by atoms with Gasteiger partial charge in [0.2, 0.25) is 5.91 Å². The van der Waals surface area contributed by atoms with Crippen LogP contribution < -0.4 is 5.32 Å². The Kier molecular flexibility index (Phi) is 4.47. The van der Waals surface area contributed by atoms with Crippen molar-refractivity contribution in [3.05, 3.63) is 48.3 Å². The summed E-state index contributed by atoms with van der Waals surface area (Å²) in [5.41, 5.74) is 0.801. The highest BCUT2D eigenvalue weighted by Crippen LogP contribution is 2.24. The lowest BCUT2D eigenvalue weighted by Gasteiger charge is -2.40. The molecule has 1 aromatic carbocycles. The van der Waals surface area contributed by atoms with E-state index in [-0.39, 0.29) is 35.1 Å². The van der Waals surface area contributed by atoms with Gasteiger partial charge in [-0.25, -0.2) is 9.37 Å². The molecule has 2 heterocycles. The van der Waals surface area contributed by atoms with Crippen molar-refractivity contribution >= 4 is 17.6 Å². The fraction of sp³-hybridized carbons (Fsp3) is 0.368. The zero-order chi connectivity index (χ0) is 19.0. The number of hydrogen-bond donors (Lipinski definition) is 1. The number of nitrogens with zero attached hydrogens (tertiary/aromatic N) is 3. The van der Waals surface area contributed by atoms with Crippen molar-refractivity contribution in [1.82, 2.24) is 19.8 Å². The minimum atomic E-state index is -0.488. The summed E-state index contributed by atoms with van der Waals surface area (Å²) in [6.07, 6.45) is 6.18. The topological polar surface area (TPSA) is 84.3 Å². The number of halogens is 1. The minimum Gasteiger partial charge on any atom is -0.350 e. The molecule has 2 aromatic rings. The minimum absolute atomic E-state index is 0.122. The molecule has 4 rings (SSSR count). The van der Waals surface area contributed by atoms with Crippen LogP contribution in [0.1, 0.15) is 29.6 Å². The van der Waals surface area contributed by atoms with Crippen LogP contribution in [0.25, 0.3) is 5.69 Å². The summed E-state index contributed by atoms with van der Waals surface area (Å²) in [5, 5.41) is 2.89. The fourth-order valence-electron chi connectivity index (χ4n) is 3.57. The first-order valence-electron chi connectivity index (χ1n) is 8.90. The van der Waals surface area contributed by atoms with Gasteiger partial charge < -0.3 is 14.8 Å². The van der Waals surface area contributed by atoms with E-state index in [1.54, 1.807) is 34.3 Å². The fourth-order valence-corrected chi connectivity index (χ4v) is 3.57. The highest BCUT2D eigenvalue weighted by molar-refractivity contribution is 5.98. The third kappa shape index (κ3) is 3.47. The van der Waals surface area contributed by atoms with Gasteiger partial charge in [0.1, 0.15) is 11.6 Å². The molecule has 1 aliphatic carbocycles. The second-order valence-corrected chi connectivity index (χ2v) is 7.03. The van der Waals surface area contributed by atoms with Crippen LogP contribution in [0.5, 0.6) is 0 Å². The summed E-state index contributed by atoms with van der Waals surface area (Å²) < 4.78 is 15.4. The standard InChI is InChI=1S/C19H19FN4O3/c20-13-2-4-17(23-6-5-21-11-23)16(8-13)19(27)24-9-14(10-24)22-18(26)12-1-3-15(25)7-12/h2,4-6,8,11-12,14H,1,3,7,9-10H2,(H,22,26). The highest BCUT2D eigenvalue weighted by Gasteiger charge is 2.36. The lowest BCUT2D eigenvalue weighted by Crippen LogP contribution is -2.61. The predicted octanol–water partition coefficient (Wildman–Crippen LogP) is 1.32. The Morgan fingerprint density at radius 1 is 1.26 bits per heavy atom. The number of benzene rings is 1. The molecule has 0 bridgehead atoms. The summed E-state index contributed by atoms with van der Waals surface area (Å²) >= 11 is 0. The SMILES string of the molecule is O=C1CCC(C(=O)NC2CN(C(=O)c3cc(F)ccc3-n3ccnc3)C2)C1. The zero-order valence-electron chi connectivity index (χ0n) is 14.6. The molecule has 1 saturated carbocycles. The van der Waals surface area contributed by atoms with E-state index in [1.165, 1.54) is 12.1 Å². The smallest absolute Gasteiger partial charge is 0.256 e. The summed E-state index contributed by atoms with van der Waals surface area (Å²) in [7, 11) is 0. The van der Waals surface area contributed by atoms with Crippen LogP contribution in [0.2, 0.25) is 0 Å². The summed E-state index contributed by atoms with van der Waals surface area (Å²) in [6.45, 7) is 0.732. The van der Waals surface area contributed by atoms with Crippen molar-refractivity contribution in [2.45, 2.75) is 25.3 Å². The number of amides is 2. The molecular weight excluding hydrogens is 351 g/mol. The Labute approximate surface area is 155 Å². The molecule has 1 N–H and O–H groups in total. The van der Waals surface area contributed by atoms with Gasteiger partial charge in [0.25, 0.3) is 5.91 Å². The van der Waals surface area contributed by atoms with Crippen LogP contribution >= 0.6 is 0 Å². The Bertz CT molecular complexity index is 890. The van der Waals surface area contributed by atoms with E-state index in [9.17, 15) is 18.8 Å². The molecule has 140 valence electrons. The monoisotopic (exact) mass is 370 g/mol. The van der Waals surface area contributed by atoms with E-state index in [2.05, 4.69) is 10.3 Å². The maximum absolute atomic E-state index is 13.7. The van der Waals surface area contributed by atoms with Gasteiger partial charge in [-0.1, -0.05) is 0 Å². The van der Waals surface area contributed by atoms with Crippen molar-refractivity contribution in [3.8, 4) is 5.69 Å². The number of rotatable bonds is 4. The first-order valence-corrected chi connectivity index (χ1v) is 8.90. The molecule has 0 spiro atoms. The first-order chi connectivity index (χ1) is 13.0. The normalized spacial score (nSPS) is 19.8. The average molecular weight is 370 g/mol. The van der Waals surface area contributed by atoms with Gasteiger partial charge in [-0.05, 0) is 24.6 Å². The molecule has 2 fully saturated rings. The molecule has 1 unspecified atom stereocenters. The predicted molar refractivity (Wildman–Crippen MR) is 93.7 cm³/mol. The largest absolute Gasteiger partial charge is 0.350 e. The van der Waals surface area contributed by atoms with Gasteiger partial charge in [-0.15, -0.1) is 0 Å². The number of carbonyl (C=O) groups excluding carboxylic acids is 3. The molecule has 1 saturated heterocycles. The first kappa shape index (κ1) is 17.4. The number of nitrogens with one attached hydrogen (secondary N) is 1. The lowest BCUT2D eigenvalue weighted by molar-refractivity contribution is -0.128. The van der Waals surface area contributed by atoms with Crippen molar-refractivity contribution in [3.63, 3.8) is 0 Å². The van der Waals surface area contributed by atoms with E-state index in [1.807, 2.05) is 0 Å². The van der Waals surface area contributed by atoms with E-state index in [4.69, 9.17) is 0 Å². The molecule has 2 aliphatic rings. The number of Topliss-reactive ketones (excluding diaryl/α,β-unsaturated/α-hetero) is 1. The van der Waals surface area contributed by atoms with E-state index in [0.29, 0.717) is 38.0 Å². The quantitative estimate of drug-likeness (QED) is 0.880. The molecule has 27 heavy (non-hydrogen) atoms.